The van der Waals surface area contributed by atoms with Crippen LogP contribution in [0.2, 0.25) is 0 Å². The number of methoxy groups -OCH3 is 1. The highest BCUT2D eigenvalue weighted by Gasteiger charge is 2.09. The summed E-state index contributed by atoms with van der Waals surface area (Å²) in [5.74, 6) is 0.860. The maximum Gasteiger partial charge on any atom is 0.224 e. The minimum absolute atomic E-state index is 0.0318. The average Bonchev–Trinajstić information content (AvgIpc) is 2.49. The number of aryl methyl sites for hydroxylation is 3. The maximum absolute atomic E-state index is 12.2. The predicted octanol–water partition coefficient (Wildman–Crippen LogP) is 4.65. The molecule has 0 unspecified atom stereocenters. The van der Waals surface area contributed by atoms with Crippen LogP contribution in [0.1, 0.15) is 23.1 Å². The summed E-state index contributed by atoms with van der Waals surface area (Å²) in [4.78, 5) is 12.2. The minimum atomic E-state index is 0.0318. The van der Waals surface area contributed by atoms with Gasteiger partial charge in [-0.3, -0.25) is 4.79 Å². The number of rotatable bonds is 5. The summed E-state index contributed by atoms with van der Waals surface area (Å²) in [5, 5.41) is 3.01. The van der Waals surface area contributed by atoms with Crippen LogP contribution < -0.4 is 10.1 Å². The number of amides is 1. The zero-order chi connectivity index (χ0) is 16.1. The average molecular weight is 362 g/mol. The molecule has 0 atom stereocenters. The molecule has 0 heterocycles. The first-order valence-electron chi connectivity index (χ1n) is 7.19. The highest BCUT2D eigenvalue weighted by atomic mass is 79.9. The van der Waals surface area contributed by atoms with Crippen LogP contribution >= 0.6 is 15.9 Å². The zero-order valence-electron chi connectivity index (χ0n) is 13.1. The number of nitrogens with one attached hydrogen (secondary N) is 1. The molecule has 4 heteroatoms. The molecule has 0 saturated heterocycles. The third kappa shape index (κ3) is 4.34. The monoisotopic (exact) mass is 361 g/mol. The molecule has 0 aliphatic heterocycles. The molecule has 2 aromatic rings. The van der Waals surface area contributed by atoms with Crippen LogP contribution in [-0.4, -0.2) is 13.0 Å². The number of hydrogen-bond acceptors (Lipinski definition) is 2. The van der Waals surface area contributed by atoms with Crippen molar-refractivity contribution >= 4 is 27.5 Å². The van der Waals surface area contributed by atoms with Gasteiger partial charge < -0.3 is 10.1 Å². The van der Waals surface area contributed by atoms with Crippen LogP contribution in [0, 0.1) is 13.8 Å². The molecular weight excluding hydrogens is 342 g/mol. The molecule has 0 aromatic heterocycles. The van der Waals surface area contributed by atoms with E-state index in [0.29, 0.717) is 12.8 Å². The molecule has 2 rings (SSSR count). The van der Waals surface area contributed by atoms with Gasteiger partial charge in [0, 0.05) is 16.6 Å². The van der Waals surface area contributed by atoms with Crippen molar-refractivity contribution in [1.82, 2.24) is 0 Å². The third-order valence-corrected chi connectivity index (χ3v) is 4.02. The predicted molar refractivity (Wildman–Crippen MR) is 93.6 cm³/mol. The lowest BCUT2D eigenvalue weighted by molar-refractivity contribution is -0.116. The van der Waals surface area contributed by atoms with Crippen LogP contribution in [0.3, 0.4) is 0 Å². The van der Waals surface area contributed by atoms with E-state index in [-0.39, 0.29) is 5.91 Å². The Morgan fingerprint density at radius 3 is 2.27 bits per heavy atom. The van der Waals surface area contributed by atoms with Gasteiger partial charge in [-0.05, 0) is 61.2 Å². The first kappa shape index (κ1) is 16.6. The van der Waals surface area contributed by atoms with Crippen LogP contribution in [0.25, 0.3) is 0 Å². The third-order valence-electron chi connectivity index (χ3n) is 3.56. The number of carbonyl (C=O) groups is 1. The van der Waals surface area contributed by atoms with Crippen molar-refractivity contribution < 1.29 is 9.53 Å². The Kier molecular flexibility index (Phi) is 5.61. The number of halogens is 1. The number of anilines is 1. The van der Waals surface area contributed by atoms with Crippen LogP contribution in [-0.2, 0) is 11.2 Å². The van der Waals surface area contributed by atoms with Gasteiger partial charge in [0.1, 0.15) is 5.75 Å². The van der Waals surface area contributed by atoms with Crippen molar-refractivity contribution in [3.63, 3.8) is 0 Å². The van der Waals surface area contributed by atoms with Gasteiger partial charge in [0.25, 0.3) is 0 Å². The van der Waals surface area contributed by atoms with Crippen molar-refractivity contribution in [2.75, 3.05) is 12.4 Å². The highest BCUT2D eigenvalue weighted by Crippen LogP contribution is 2.25. The van der Waals surface area contributed by atoms with E-state index in [1.807, 2.05) is 50.2 Å². The Labute approximate surface area is 139 Å². The Balaban J connectivity index is 1.95. The number of ether oxygens (including phenoxy) is 1. The Bertz CT molecular complexity index is 642. The molecule has 3 nitrogen and oxygen atoms in total. The molecule has 0 bridgehead atoms. The summed E-state index contributed by atoms with van der Waals surface area (Å²) in [7, 11) is 1.64. The summed E-state index contributed by atoms with van der Waals surface area (Å²) in [5.41, 5.74) is 4.15. The topological polar surface area (TPSA) is 38.3 Å². The fourth-order valence-electron chi connectivity index (χ4n) is 2.36. The molecule has 0 saturated carbocycles. The van der Waals surface area contributed by atoms with Gasteiger partial charge in [0.05, 0.1) is 7.11 Å². The number of carbonyl (C=O) groups excluding carboxylic acids is 1. The van der Waals surface area contributed by atoms with Crippen LogP contribution in [0.4, 0.5) is 5.69 Å². The summed E-state index contributed by atoms with van der Waals surface area (Å²) in [6.45, 7) is 3.99. The van der Waals surface area contributed by atoms with Crippen molar-refractivity contribution in [1.29, 1.82) is 0 Å². The second kappa shape index (κ2) is 7.45. The standard InChI is InChI=1S/C18H20BrNO2/c1-12-10-15(19)11-13(2)18(12)20-17(21)9-6-14-4-7-16(22-3)8-5-14/h4-5,7-8,10-11H,6,9H2,1-3H3,(H,20,21). The van der Waals surface area contributed by atoms with Crippen molar-refractivity contribution in [3.8, 4) is 5.75 Å². The highest BCUT2D eigenvalue weighted by molar-refractivity contribution is 9.10. The zero-order valence-corrected chi connectivity index (χ0v) is 14.7. The number of hydrogen-bond donors (Lipinski definition) is 1. The van der Waals surface area contributed by atoms with E-state index >= 15 is 0 Å². The Morgan fingerprint density at radius 2 is 1.73 bits per heavy atom. The van der Waals surface area contributed by atoms with Crippen molar-refractivity contribution in [3.05, 3.63) is 57.6 Å². The minimum Gasteiger partial charge on any atom is -0.497 e. The fourth-order valence-corrected chi connectivity index (χ4v) is 3.05. The van der Waals surface area contributed by atoms with E-state index in [1.165, 1.54) is 0 Å². The van der Waals surface area contributed by atoms with Gasteiger partial charge in [-0.15, -0.1) is 0 Å². The van der Waals surface area contributed by atoms with Gasteiger partial charge >= 0.3 is 0 Å². The SMILES string of the molecule is COc1ccc(CCC(=O)Nc2c(C)cc(Br)cc2C)cc1. The van der Waals surface area contributed by atoms with E-state index in [9.17, 15) is 4.79 Å². The Morgan fingerprint density at radius 1 is 1.14 bits per heavy atom. The quantitative estimate of drug-likeness (QED) is 0.841. The first-order valence-corrected chi connectivity index (χ1v) is 7.98. The van der Waals surface area contributed by atoms with Crippen LogP contribution in [0.5, 0.6) is 5.75 Å². The first-order chi connectivity index (χ1) is 10.5. The van der Waals surface area contributed by atoms with E-state index in [4.69, 9.17) is 4.74 Å². The van der Waals surface area contributed by atoms with E-state index in [0.717, 1.165) is 32.6 Å². The normalized spacial score (nSPS) is 10.4. The molecule has 116 valence electrons. The largest absolute Gasteiger partial charge is 0.497 e. The van der Waals surface area contributed by atoms with E-state index in [1.54, 1.807) is 7.11 Å². The molecule has 0 radical (unpaired) electrons. The smallest absolute Gasteiger partial charge is 0.224 e. The van der Waals surface area contributed by atoms with Gasteiger partial charge in [-0.2, -0.15) is 0 Å². The summed E-state index contributed by atoms with van der Waals surface area (Å²) < 4.78 is 6.15. The second-order valence-electron chi connectivity index (χ2n) is 5.31. The van der Waals surface area contributed by atoms with Crippen molar-refractivity contribution in [2.24, 2.45) is 0 Å². The second-order valence-corrected chi connectivity index (χ2v) is 6.23. The molecule has 2 aromatic carbocycles. The molecule has 0 aliphatic carbocycles. The lowest BCUT2D eigenvalue weighted by Gasteiger charge is -2.12. The Hall–Kier alpha value is -1.81. The molecular formula is C18H20BrNO2. The van der Waals surface area contributed by atoms with Gasteiger partial charge in [-0.25, -0.2) is 0 Å². The van der Waals surface area contributed by atoms with Crippen LogP contribution in [0.15, 0.2) is 40.9 Å². The molecule has 0 fully saturated rings. The lowest BCUT2D eigenvalue weighted by atomic mass is 10.1. The van der Waals surface area contributed by atoms with Gasteiger partial charge in [0.2, 0.25) is 5.91 Å². The maximum atomic E-state index is 12.2. The lowest BCUT2D eigenvalue weighted by Crippen LogP contribution is -2.14. The molecule has 1 amide bonds. The molecule has 22 heavy (non-hydrogen) atoms. The summed E-state index contributed by atoms with van der Waals surface area (Å²) in [6, 6.07) is 11.8. The molecule has 0 aliphatic rings. The van der Waals surface area contributed by atoms with Crippen molar-refractivity contribution in [2.45, 2.75) is 26.7 Å². The van der Waals surface area contributed by atoms with E-state index < -0.39 is 0 Å². The number of benzene rings is 2. The summed E-state index contributed by atoms with van der Waals surface area (Å²) >= 11 is 3.46. The summed E-state index contributed by atoms with van der Waals surface area (Å²) in [6.07, 6.45) is 1.17. The van der Waals surface area contributed by atoms with Gasteiger partial charge in [-0.1, -0.05) is 28.1 Å². The fraction of sp³-hybridized carbons (Fsp3) is 0.278. The molecule has 1 N–H and O–H groups in total. The van der Waals surface area contributed by atoms with Gasteiger partial charge in [0.15, 0.2) is 0 Å². The van der Waals surface area contributed by atoms with E-state index in [2.05, 4.69) is 21.2 Å². The molecule has 0 spiro atoms.